The Morgan fingerprint density at radius 2 is 1.93 bits per heavy atom. The highest BCUT2D eigenvalue weighted by Crippen LogP contribution is 2.31. The van der Waals surface area contributed by atoms with E-state index in [4.69, 9.17) is 14.5 Å². The Morgan fingerprint density at radius 3 is 2.67 bits per heavy atom. The third kappa shape index (κ3) is 3.69. The van der Waals surface area contributed by atoms with E-state index in [2.05, 4.69) is 22.2 Å². The Labute approximate surface area is 155 Å². The molecule has 1 fully saturated rings. The number of hydrogen-bond acceptors (Lipinski definition) is 6. The van der Waals surface area contributed by atoms with Gasteiger partial charge in [-0.3, -0.25) is 10.0 Å². The molecule has 1 saturated heterocycles. The van der Waals surface area contributed by atoms with Crippen molar-refractivity contribution in [2.24, 2.45) is 0 Å². The van der Waals surface area contributed by atoms with Gasteiger partial charge >= 0.3 is 0 Å². The molecule has 2 N–H and O–H groups in total. The number of ether oxygens (including phenoxy) is 1. The molecule has 7 heteroatoms. The molecule has 2 aromatic carbocycles. The van der Waals surface area contributed by atoms with E-state index in [0.29, 0.717) is 5.76 Å². The van der Waals surface area contributed by atoms with Crippen LogP contribution >= 0.6 is 0 Å². The lowest BCUT2D eigenvalue weighted by Crippen LogP contribution is -2.36. The Morgan fingerprint density at radius 1 is 1.15 bits per heavy atom. The lowest BCUT2D eigenvalue weighted by molar-refractivity contribution is -0.124. The van der Waals surface area contributed by atoms with Crippen molar-refractivity contribution in [3.63, 3.8) is 0 Å². The summed E-state index contributed by atoms with van der Waals surface area (Å²) in [6.45, 7) is 3.28. The molecule has 2 heterocycles. The smallest absolute Gasteiger partial charge is 0.267 e. The number of anilines is 1. The molecule has 1 aromatic heterocycles. The predicted molar refractivity (Wildman–Crippen MR) is 101 cm³/mol. The van der Waals surface area contributed by atoms with E-state index in [1.165, 1.54) is 6.08 Å². The van der Waals surface area contributed by atoms with Gasteiger partial charge < -0.3 is 14.2 Å². The van der Waals surface area contributed by atoms with Gasteiger partial charge in [-0.2, -0.15) is 0 Å². The van der Waals surface area contributed by atoms with Crippen LogP contribution in [-0.4, -0.2) is 42.6 Å². The van der Waals surface area contributed by atoms with Gasteiger partial charge in [0, 0.05) is 30.4 Å². The Kier molecular flexibility index (Phi) is 4.86. The average Bonchev–Trinajstić information content (AvgIpc) is 3.16. The number of hydroxylamine groups is 1. The molecule has 0 aliphatic carbocycles. The van der Waals surface area contributed by atoms with E-state index in [1.807, 2.05) is 30.3 Å². The molecule has 0 atom stereocenters. The van der Waals surface area contributed by atoms with Crippen LogP contribution in [0.5, 0.6) is 0 Å². The first kappa shape index (κ1) is 17.3. The van der Waals surface area contributed by atoms with E-state index in [0.717, 1.165) is 54.0 Å². The summed E-state index contributed by atoms with van der Waals surface area (Å²) >= 11 is 0. The summed E-state index contributed by atoms with van der Waals surface area (Å²) in [6.07, 6.45) is 2.87. The zero-order valence-corrected chi connectivity index (χ0v) is 14.6. The minimum absolute atomic E-state index is 0.584. The van der Waals surface area contributed by atoms with E-state index in [1.54, 1.807) is 11.6 Å². The van der Waals surface area contributed by atoms with Gasteiger partial charge in [-0.05, 0) is 48.0 Å². The largest absolute Gasteiger partial charge is 0.378 e. The number of morpholine rings is 1. The van der Waals surface area contributed by atoms with Crippen molar-refractivity contribution in [2.45, 2.75) is 0 Å². The van der Waals surface area contributed by atoms with E-state index >= 15 is 0 Å². The zero-order valence-electron chi connectivity index (χ0n) is 14.6. The second kappa shape index (κ2) is 7.61. The summed E-state index contributed by atoms with van der Waals surface area (Å²) in [6, 6.07) is 13.8. The zero-order chi connectivity index (χ0) is 18.6. The molecule has 0 saturated carbocycles. The SMILES string of the molecule is O=C(/C=C/c1ccc2noc(-c3ccc(N4CCOCC4)cc3)c2c1)NO. The molecule has 0 bridgehead atoms. The van der Waals surface area contributed by atoms with E-state index in [-0.39, 0.29) is 0 Å². The molecule has 0 spiro atoms. The van der Waals surface area contributed by atoms with E-state index in [9.17, 15) is 4.79 Å². The van der Waals surface area contributed by atoms with Crippen molar-refractivity contribution in [3.8, 4) is 11.3 Å². The number of aromatic nitrogens is 1. The van der Waals surface area contributed by atoms with Crippen molar-refractivity contribution in [1.29, 1.82) is 0 Å². The van der Waals surface area contributed by atoms with Gasteiger partial charge in [0.1, 0.15) is 5.52 Å². The van der Waals surface area contributed by atoms with Gasteiger partial charge in [0.25, 0.3) is 5.91 Å². The molecule has 1 amide bonds. The lowest BCUT2D eigenvalue weighted by atomic mass is 10.1. The Hall–Kier alpha value is -3.16. The number of carbonyl (C=O) groups excluding carboxylic acids is 1. The van der Waals surface area contributed by atoms with Crippen LogP contribution in [0.1, 0.15) is 5.56 Å². The first-order valence-electron chi connectivity index (χ1n) is 8.69. The normalized spacial score (nSPS) is 14.8. The molecule has 0 radical (unpaired) electrons. The van der Waals surface area contributed by atoms with Crippen LogP contribution in [0.25, 0.3) is 28.3 Å². The van der Waals surface area contributed by atoms with Crippen LogP contribution in [-0.2, 0) is 9.53 Å². The molecule has 1 aliphatic rings. The van der Waals surface area contributed by atoms with Crippen LogP contribution < -0.4 is 10.4 Å². The van der Waals surface area contributed by atoms with Gasteiger partial charge in [-0.1, -0.05) is 11.2 Å². The summed E-state index contributed by atoms with van der Waals surface area (Å²) in [4.78, 5) is 13.5. The summed E-state index contributed by atoms with van der Waals surface area (Å²) in [7, 11) is 0. The van der Waals surface area contributed by atoms with Crippen LogP contribution in [0.3, 0.4) is 0 Å². The maximum atomic E-state index is 11.2. The van der Waals surface area contributed by atoms with Crippen LogP contribution in [0.15, 0.2) is 53.1 Å². The van der Waals surface area contributed by atoms with Crippen LogP contribution in [0.4, 0.5) is 5.69 Å². The number of benzene rings is 2. The number of hydrogen-bond donors (Lipinski definition) is 2. The van der Waals surface area contributed by atoms with Gasteiger partial charge in [-0.15, -0.1) is 0 Å². The van der Waals surface area contributed by atoms with Gasteiger partial charge in [0.15, 0.2) is 5.76 Å². The third-order valence-electron chi connectivity index (χ3n) is 4.54. The fourth-order valence-corrected chi connectivity index (χ4v) is 3.13. The maximum Gasteiger partial charge on any atom is 0.267 e. The fraction of sp³-hybridized carbons (Fsp3) is 0.200. The highest BCUT2D eigenvalue weighted by Gasteiger charge is 2.14. The number of rotatable bonds is 4. The second-order valence-electron chi connectivity index (χ2n) is 6.24. The number of fused-ring (bicyclic) bond motifs is 1. The second-order valence-corrected chi connectivity index (χ2v) is 6.24. The summed E-state index contributed by atoms with van der Waals surface area (Å²) in [5.41, 5.74) is 5.21. The molecule has 0 unspecified atom stereocenters. The quantitative estimate of drug-likeness (QED) is 0.420. The number of carbonyl (C=O) groups is 1. The van der Waals surface area contributed by atoms with Gasteiger partial charge in [-0.25, -0.2) is 5.48 Å². The topological polar surface area (TPSA) is 87.8 Å². The van der Waals surface area contributed by atoms with Crippen molar-refractivity contribution in [1.82, 2.24) is 10.6 Å². The Balaban J connectivity index is 1.62. The molecule has 7 nitrogen and oxygen atoms in total. The standard InChI is InChI=1S/C20H19N3O4/c24-19(21-25)8-2-14-1-7-18-17(13-14)20(27-22-18)15-3-5-16(6-4-15)23-9-11-26-12-10-23/h1-8,13,25H,9-12H2,(H,21,24)/b8-2+. The first-order chi connectivity index (χ1) is 13.2. The number of amides is 1. The highest BCUT2D eigenvalue weighted by molar-refractivity contribution is 5.95. The summed E-state index contributed by atoms with van der Waals surface area (Å²) in [5.74, 6) is 0.0970. The van der Waals surface area contributed by atoms with Crippen LogP contribution in [0.2, 0.25) is 0 Å². The summed E-state index contributed by atoms with van der Waals surface area (Å²) < 4.78 is 11.0. The molecule has 3 aromatic rings. The molecular weight excluding hydrogens is 346 g/mol. The fourth-order valence-electron chi connectivity index (χ4n) is 3.13. The molecule has 138 valence electrons. The average molecular weight is 365 g/mol. The molecule has 1 aliphatic heterocycles. The predicted octanol–water partition coefficient (Wildman–Crippen LogP) is 2.85. The van der Waals surface area contributed by atoms with Gasteiger partial charge in [0.2, 0.25) is 0 Å². The van der Waals surface area contributed by atoms with Crippen molar-refractivity contribution in [3.05, 3.63) is 54.1 Å². The van der Waals surface area contributed by atoms with Crippen molar-refractivity contribution >= 4 is 28.6 Å². The van der Waals surface area contributed by atoms with Gasteiger partial charge in [0.05, 0.1) is 18.6 Å². The van der Waals surface area contributed by atoms with Crippen LogP contribution in [0, 0.1) is 0 Å². The minimum atomic E-state index is -0.584. The Bertz CT molecular complexity index is 973. The first-order valence-corrected chi connectivity index (χ1v) is 8.69. The molecular formula is C20H19N3O4. The minimum Gasteiger partial charge on any atom is -0.378 e. The van der Waals surface area contributed by atoms with E-state index < -0.39 is 5.91 Å². The third-order valence-corrected chi connectivity index (χ3v) is 4.54. The molecule has 27 heavy (non-hydrogen) atoms. The summed E-state index contributed by atoms with van der Waals surface area (Å²) in [5, 5.41) is 13.6. The van der Waals surface area contributed by atoms with Crippen molar-refractivity contribution in [2.75, 3.05) is 31.2 Å². The number of nitrogens with one attached hydrogen (secondary N) is 1. The molecule has 4 rings (SSSR count). The maximum absolute atomic E-state index is 11.2. The van der Waals surface area contributed by atoms with Crippen molar-refractivity contribution < 1.29 is 19.3 Å². The highest BCUT2D eigenvalue weighted by atomic mass is 16.5. The number of nitrogens with zero attached hydrogens (tertiary/aromatic N) is 2. The monoisotopic (exact) mass is 365 g/mol. The lowest BCUT2D eigenvalue weighted by Gasteiger charge is -2.28.